The van der Waals surface area contributed by atoms with Crippen LogP contribution in [0.3, 0.4) is 0 Å². The van der Waals surface area contributed by atoms with Crippen LogP contribution in [0.25, 0.3) is 0 Å². The maximum Gasteiger partial charge on any atom is 0.178 e. The maximum absolute atomic E-state index is 11.8. The van der Waals surface area contributed by atoms with E-state index in [1.54, 1.807) is 0 Å². The van der Waals surface area contributed by atoms with E-state index in [1.165, 1.54) is 77.0 Å². The van der Waals surface area contributed by atoms with Crippen LogP contribution in [0, 0.1) is 0 Å². The Kier molecular flexibility index (Phi) is 17.4. The highest BCUT2D eigenvalue weighted by Gasteiger charge is 2.07. The fraction of sp³-hybridized carbons (Fsp3) is 0.952. The van der Waals surface area contributed by atoms with Gasteiger partial charge in [0.15, 0.2) is 5.52 Å². The normalized spacial score (nSPS) is 12.3. The average molecular weight is 375 g/mol. The van der Waals surface area contributed by atoms with Crippen LogP contribution < -0.4 is 0 Å². The lowest BCUT2D eigenvalue weighted by Gasteiger charge is -2.23. The molecule has 3 nitrogen and oxygen atoms in total. The molecule has 150 valence electrons. The Labute approximate surface area is 159 Å². The summed E-state index contributed by atoms with van der Waals surface area (Å²) >= 11 is 0. The van der Waals surface area contributed by atoms with Gasteiger partial charge < -0.3 is 9.01 Å². The van der Waals surface area contributed by atoms with Gasteiger partial charge in [0.25, 0.3) is 0 Å². The summed E-state index contributed by atoms with van der Waals surface area (Å²) in [5.41, 5.74) is 0.296. The van der Waals surface area contributed by atoms with E-state index in [-0.39, 0.29) is 8.81 Å². The summed E-state index contributed by atoms with van der Waals surface area (Å²) in [6, 6.07) is 0. The highest BCUT2D eigenvalue weighted by molar-refractivity contribution is 7.53. The zero-order valence-electron chi connectivity index (χ0n) is 17.6. The van der Waals surface area contributed by atoms with Crippen LogP contribution in [0.4, 0.5) is 0 Å². The van der Waals surface area contributed by atoms with Crippen molar-refractivity contribution in [2.75, 3.05) is 34.3 Å². The molecule has 4 heteroatoms. The monoisotopic (exact) mass is 374 g/mol. The third kappa shape index (κ3) is 22.0. The van der Waals surface area contributed by atoms with E-state index >= 15 is 0 Å². The first kappa shape index (κ1) is 25.0. The molecule has 0 N–H and O–H groups in total. The summed E-state index contributed by atoms with van der Waals surface area (Å²) < 4.78 is 6.38. The van der Waals surface area contributed by atoms with E-state index in [0.29, 0.717) is 18.6 Å². The van der Waals surface area contributed by atoms with Crippen molar-refractivity contribution in [2.24, 2.45) is 0 Å². The molecule has 0 aliphatic rings. The lowest BCUT2D eigenvalue weighted by molar-refractivity contribution is -0.870. The Hall–Kier alpha value is 0.0200. The van der Waals surface area contributed by atoms with E-state index in [0.717, 1.165) is 17.4 Å². The molecule has 0 bridgehead atoms. The second-order valence-corrected chi connectivity index (χ2v) is 9.43. The molecule has 1 unspecified atom stereocenters. The van der Waals surface area contributed by atoms with E-state index < -0.39 is 0 Å². The van der Waals surface area contributed by atoms with Gasteiger partial charge >= 0.3 is 0 Å². The number of hydrogen-bond acceptors (Lipinski definition) is 2. The summed E-state index contributed by atoms with van der Waals surface area (Å²) in [7, 11) is 6.48. The van der Waals surface area contributed by atoms with Gasteiger partial charge in [0.05, 0.1) is 30.0 Å². The highest BCUT2D eigenvalue weighted by atomic mass is 31.1. The van der Waals surface area contributed by atoms with Crippen LogP contribution in [0.5, 0.6) is 0 Å². The van der Waals surface area contributed by atoms with Gasteiger partial charge in [-0.25, -0.2) is 0 Å². The molecule has 0 fully saturated rings. The van der Waals surface area contributed by atoms with Crippen LogP contribution in [0.15, 0.2) is 0 Å². The van der Waals surface area contributed by atoms with Crippen LogP contribution in [0.2, 0.25) is 0 Å². The molecular formula is C21H45NO2P+. The zero-order chi connectivity index (χ0) is 18.8. The molecule has 0 heterocycles. The second-order valence-electron chi connectivity index (χ2n) is 8.38. The largest absolute Gasteiger partial charge is 0.349 e. The molecule has 0 aliphatic heterocycles. The van der Waals surface area contributed by atoms with Crippen LogP contribution in [-0.4, -0.2) is 44.3 Å². The number of quaternary nitrogens is 1. The lowest BCUT2D eigenvalue weighted by Crippen LogP contribution is -2.37. The first-order chi connectivity index (χ1) is 12.0. The van der Waals surface area contributed by atoms with Crippen molar-refractivity contribution in [3.05, 3.63) is 0 Å². The van der Waals surface area contributed by atoms with Gasteiger partial charge in [0.2, 0.25) is 0 Å². The molecule has 0 saturated carbocycles. The van der Waals surface area contributed by atoms with Crippen LogP contribution in [0.1, 0.15) is 96.8 Å². The Morgan fingerprint density at radius 1 is 0.760 bits per heavy atom. The van der Waals surface area contributed by atoms with Gasteiger partial charge in [-0.05, 0) is 6.42 Å². The fourth-order valence-electron chi connectivity index (χ4n) is 2.81. The minimum Gasteiger partial charge on any atom is -0.349 e. The number of carbonyl (C=O) groups is 1. The number of unbranched alkanes of at least 4 members (excludes halogenated alkanes) is 12. The second kappa shape index (κ2) is 17.4. The molecule has 0 amide bonds. The van der Waals surface area contributed by atoms with Gasteiger partial charge in [0, 0.05) is 6.42 Å². The number of hydrogen-bond donors (Lipinski definition) is 0. The van der Waals surface area contributed by atoms with E-state index in [4.69, 9.17) is 4.52 Å². The molecule has 1 atom stereocenters. The summed E-state index contributed by atoms with van der Waals surface area (Å²) in [5.74, 6) is 0. The van der Waals surface area contributed by atoms with E-state index in [2.05, 4.69) is 28.1 Å². The third-order valence-electron chi connectivity index (χ3n) is 4.56. The highest BCUT2D eigenvalue weighted by Crippen LogP contribution is 2.19. The van der Waals surface area contributed by atoms with Crippen molar-refractivity contribution in [3.63, 3.8) is 0 Å². The van der Waals surface area contributed by atoms with Crippen molar-refractivity contribution in [2.45, 2.75) is 96.8 Å². The summed E-state index contributed by atoms with van der Waals surface area (Å²) in [6.45, 7) is 3.92. The molecule has 0 aliphatic carbocycles. The lowest BCUT2D eigenvalue weighted by atomic mass is 10.0. The molecule has 0 rings (SSSR count). The Morgan fingerprint density at radius 2 is 1.20 bits per heavy atom. The Bertz CT molecular complexity index is 303. The van der Waals surface area contributed by atoms with E-state index in [9.17, 15) is 4.79 Å². The van der Waals surface area contributed by atoms with Crippen LogP contribution >= 0.6 is 8.81 Å². The molecular weight excluding hydrogens is 329 g/mol. The predicted octanol–water partition coefficient (Wildman–Crippen LogP) is 6.31. The van der Waals surface area contributed by atoms with Gasteiger partial charge in [-0.15, -0.1) is 0 Å². The summed E-state index contributed by atoms with van der Waals surface area (Å²) in [6.07, 6.45) is 18.2. The summed E-state index contributed by atoms with van der Waals surface area (Å²) in [4.78, 5) is 11.8. The molecule has 0 aromatic rings. The first-order valence-corrected chi connectivity index (χ1v) is 11.6. The minimum absolute atomic E-state index is 0.0543. The molecule has 0 aromatic carbocycles. The Balaban J connectivity index is 3.18. The number of nitrogens with zero attached hydrogens (tertiary/aromatic N) is 1. The third-order valence-corrected chi connectivity index (χ3v) is 5.38. The molecule has 25 heavy (non-hydrogen) atoms. The molecule has 0 radical (unpaired) electrons. The van der Waals surface area contributed by atoms with Gasteiger partial charge in [-0.3, -0.25) is 4.79 Å². The molecule has 0 spiro atoms. The fourth-order valence-corrected chi connectivity index (χ4v) is 3.44. The van der Waals surface area contributed by atoms with Gasteiger partial charge in [-0.2, -0.15) is 0 Å². The van der Waals surface area contributed by atoms with Gasteiger partial charge in [-0.1, -0.05) is 84.0 Å². The first-order valence-electron chi connectivity index (χ1n) is 10.7. The van der Waals surface area contributed by atoms with Crippen molar-refractivity contribution in [1.29, 1.82) is 0 Å². The Morgan fingerprint density at radius 3 is 1.64 bits per heavy atom. The van der Waals surface area contributed by atoms with Crippen molar-refractivity contribution < 1.29 is 13.8 Å². The number of rotatable bonds is 19. The topological polar surface area (TPSA) is 26.3 Å². The average Bonchev–Trinajstić information content (AvgIpc) is 2.55. The molecule has 0 saturated heterocycles. The quantitative estimate of drug-likeness (QED) is 0.150. The SMILES string of the molecule is CCCCCCCCCCCCCCCC(=O)POCC[N+](C)(C)C. The standard InChI is InChI=1S/C21H45NO2P/c1-5-6-7-8-9-10-11-12-13-14-15-16-17-18-21(23)25-24-20-19-22(2,3)4/h25H,5-20H2,1-4H3/q+1. The van der Waals surface area contributed by atoms with Crippen LogP contribution in [-0.2, 0) is 9.32 Å². The van der Waals surface area contributed by atoms with E-state index in [1.807, 2.05) is 0 Å². The molecule has 0 aromatic heterocycles. The maximum atomic E-state index is 11.8. The predicted molar refractivity (Wildman–Crippen MR) is 112 cm³/mol. The van der Waals surface area contributed by atoms with Crippen molar-refractivity contribution in [1.82, 2.24) is 0 Å². The van der Waals surface area contributed by atoms with Gasteiger partial charge in [0.1, 0.15) is 13.2 Å². The van der Waals surface area contributed by atoms with Crippen molar-refractivity contribution >= 4 is 14.3 Å². The minimum atomic E-state index is 0.0543. The number of carbonyl (C=O) groups excluding carboxylic acids is 1. The number of likely N-dealkylation sites (N-methyl/N-ethyl adjacent to an activating group) is 1. The smallest absolute Gasteiger partial charge is 0.178 e. The zero-order valence-corrected chi connectivity index (χ0v) is 18.6. The summed E-state index contributed by atoms with van der Waals surface area (Å²) in [5, 5.41) is 0. The van der Waals surface area contributed by atoms with Crippen molar-refractivity contribution in [3.8, 4) is 0 Å².